The lowest BCUT2D eigenvalue weighted by Crippen LogP contribution is -2.48. The Labute approximate surface area is 154 Å². The van der Waals surface area contributed by atoms with E-state index in [-0.39, 0.29) is 29.8 Å². The van der Waals surface area contributed by atoms with Crippen LogP contribution in [-0.4, -0.2) is 29.5 Å². The third-order valence-electron chi connectivity index (χ3n) is 6.80. The van der Waals surface area contributed by atoms with Gasteiger partial charge in [0.1, 0.15) is 11.8 Å². The number of aryl methyl sites for hydroxylation is 1. The Morgan fingerprint density at radius 2 is 2.12 bits per heavy atom. The van der Waals surface area contributed by atoms with E-state index < -0.39 is 0 Å². The van der Waals surface area contributed by atoms with E-state index in [1.165, 1.54) is 25.7 Å². The maximum absolute atomic E-state index is 12.6. The lowest BCUT2D eigenvalue weighted by Gasteiger charge is -2.46. The standard InChI is InChI=1S/C21H28N2O3/c1-12-6-5-9-18(23-12)20(24)22-11-17-15-8-4-3-7-14(15)10-16-19(17)13(2)26-21(16)25/h5-6,9,13-17,19H,3-4,7-8,10-11H2,1-2H3,(H,22,24)/t13-,14?,15?,16?,17+,19?/m0/s1. The molecule has 2 heterocycles. The van der Waals surface area contributed by atoms with E-state index in [1.807, 2.05) is 26.0 Å². The first-order chi connectivity index (χ1) is 12.5. The molecule has 6 atom stereocenters. The number of pyridine rings is 1. The molecule has 5 nitrogen and oxygen atoms in total. The Balaban J connectivity index is 1.52. The van der Waals surface area contributed by atoms with Crippen molar-refractivity contribution in [3.8, 4) is 0 Å². The van der Waals surface area contributed by atoms with E-state index in [4.69, 9.17) is 4.74 Å². The number of fused-ring (bicyclic) bond motifs is 2. The van der Waals surface area contributed by atoms with Crippen LogP contribution in [0.2, 0.25) is 0 Å². The summed E-state index contributed by atoms with van der Waals surface area (Å²) in [5.41, 5.74) is 1.30. The average Bonchev–Trinajstić information content (AvgIpc) is 2.92. The average molecular weight is 356 g/mol. The lowest BCUT2D eigenvalue weighted by molar-refractivity contribution is -0.144. The van der Waals surface area contributed by atoms with Gasteiger partial charge in [0.25, 0.3) is 5.91 Å². The summed E-state index contributed by atoms with van der Waals surface area (Å²) in [6.07, 6.45) is 5.86. The Hall–Kier alpha value is -1.91. The first-order valence-corrected chi connectivity index (χ1v) is 9.97. The summed E-state index contributed by atoms with van der Waals surface area (Å²) in [6, 6.07) is 5.50. The predicted octanol–water partition coefficient (Wildman–Crippen LogP) is 3.12. The first kappa shape index (κ1) is 17.5. The van der Waals surface area contributed by atoms with Gasteiger partial charge in [-0.3, -0.25) is 9.59 Å². The second-order valence-electron chi connectivity index (χ2n) is 8.31. The van der Waals surface area contributed by atoms with Gasteiger partial charge >= 0.3 is 5.97 Å². The van der Waals surface area contributed by atoms with Crippen LogP contribution in [0.15, 0.2) is 18.2 Å². The van der Waals surface area contributed by atoms with Crippen molar-refractivity contribution in [1.29, 1.82) is 0 Å². The van der Waals surface area contributed by atoms with Gasteiger partial charge in [0, 0.05) is 18.2 Å². The molecular weight excluding hydrogens is 328 g/mol. The summed E-state index contributed by atoms with van der Waals surface area (Å²) in [6.45, 7) is 4.51. The van der Waals surface area contributed by atoms with Gasteiger partial charge < -0.3 is 10.1 Å². The molecule has 0 aromatic carbocycles. The van der Waals surface area contributed by atoms with Crippen LogP contribution in [0.1, 0.15) is 55.2 Å². The number of esters is 1. The molecule has 1 aliphatic heterocycles. The van der Waals surface area contributed by atoms with Crippen molar-refractivity contribution in [2.75, 3.05) is 6.54 Å². The second kappa shape index (κ2) is 7.01. The largest absolute Gasteiger partial charge is 0.462 e. The molecule has 26 heavy (non-hydrogen) atoms. The smallest absolute Gasteiger partial charge is 0.309 e. The molecule has 2 aliphatic carbocycles. The van der Waals surface area contributed by atoms with Crippen molar-refractivity contribution in [1.82, 2.24) is 10.3 Å². The van der Waals surface area contributed by atoms with Gasteiger partial charge in [-0.2, -0.15) is 0 Å². The zero-order chi connectivity index (χ0) is 18.3. The lowest BCUT2D eigenvalue weighted by atomic mass is 9.57. The zero-order valence-corrected chi connectivity index (χ0v) is 15.6. The van der Waals surface area contributed by atoms with Gasteiger partial charge in [-0.25, -0.2) is 4.98 Å². The zero-order valence-electron chi connectivity index (χ0n) is 15.6. The van der Waals surface area contributed by atoms with Crippen molar-refractivity contribution in [2.45, 2.75) is 52.1 Å². The SMILES string of the molecule is Cc1cccc(C(=O)NC[C@@H]2C3CCCCC3CC3C(=O)O[C@@H](C)C32)n1. The highest BCUT2D eigenvalue weighted by atomic mass is 16.6. The molecule has 1 aromatic rings. The molecule has 2 saturated carbocycles. The highest BCUT2D eigenvalue weighted by Crippen LogP contribution is 2.52. The van der Waals surface area contributed by atoms with E-state index in [2.05, 4.69) is 10.3 Å². The molecule has 1 saturated heterocycles. The van der Waals surface area contributed by atoms with Gasteiger partial charge in [-0.15, -0.1) is 0 Å². The number of rotatable bonds is 3. The number of carbonyl (C=O) groups is 2. The van der Waals surface area contributed by atoms with Crippen LogP contribution in [-0.2, 0) is 9.53 Å². The molecule has 0 spiro atoms. The van der Waals surface area contributed by atoms with Crippen LogP contribution in [0.5, 0.6) is 0 Å². The van der Waals surface area contributed by atoms with Crippen molar-refractivity contribution in [3.63, 3.8) is 0 Å². The Morgan fingerprint density at radius 3 is 2.92 bits per heavy atom. The van der Waals surface area contributed by atoms with Crippen LogP contribution in [0.25, 0.3) is 0 Å². The molecule has 4 unspecified atom stereocenters. The van der Waals surface area contributed by atoms with Crippen molar-refractivity contribution >= 4 is 11.9 Å². The van der Waals surface area contributed by atoms with E-state index >= 15 is 0 Å². The third kappa shape index (κ3) is 3.12. The minimum atomic E-state index is -0.124. The van der Waals surface area contributed by atoms with Gasteiger partial charge in [0.15, 0.2) is 0 Å². The Bertz CT molecular complexity index is 704. The van der Waals surface area contributed by atoms with Crippen LogP contribution in [0.4, 0.5) is 0 Å². The predicted molar refractivity (Wildman–Crippen MR) is 97.4 cm³/mol. The summed E-state index contributed by atoms with van der Waals surface area (Å²) in [5.74, 6) is 1.60. The summed E-state index contributed by atoms with van der Waals surface area (Å²) >= 11 is 0. The molecule has 1 N–H and O–H groups in total. The molecule has 0 bridgehead atoms. The van der Waals surface area contributed by atoms with Crippen LogP contribution < -0.4 is 5.32 Å². The molecule has 1 aromatic heterocycles. The van der Waals surface area contributed by atoms with Crippen LogP contribution in [0, 0.1) is 36.5 Å². The highest BCUT2D eigenvalue weighted by Gasteiger charge is 2.54. The van der Waals surface area contributed by atoms with Gasteiger partial charge in [0.05, 0.1) is 5.92 Å². The van der Waals surface area contributed by atoms with Crippen LogP contribution >= 0.6 is 0 Å². The van der Waals surface area contributed by atoms with E-state index in [1.54, 1.807) is 6.07 Å². The molecule has 3 aliphatic rings. The van der Waals surface area contributed by atoms with E-state index in [9.17, 15) is 9.59 Å². The fourth-order valence-electron chi connectivity index (χ4n) is 5.70. The summed E-state index contributed by atoms with van der Waals surface area (Å²) in [5, 5.41) is 3.11. The molecule has 0 radical (unpaired) electrons. The summed E-state index contributed by atoms with van der Waals surface area (Å²) in [4.78, 5) is 29.2. The van der Waals surface area contributed by atoms with Crippen molar-refractivity contribution in [3.05, 3.63) is 29.6 Å². The first-order valence-electron chi connectivity index (χ1n) is 9.97. The molecule has 140 valence electrons. The third-order valence-corrected chi connectivity index (χ3v) is 6.80. The number of nitrogens with one attached hydrogen (secondary N) is 1. The number of aromatic nitrogens is 1. The number of hydrogen-bond acceptors (Lipinski definition) is 4. The normalized spacial score (nSPS) is 36.0. The van der Waals surface area contributed by atoms with Gasteiger partial charge in [-0.1, -0.05) is 25.3 Å². The van der Waals surface area contributed by atoms with Crippen molar-refractivity contribution in [2.24, 2.45) is 29.6 Å². The molecular formula is C21H28N2O3. The topological polar surface area (TPSA) is 68.3 Å². The number of ether oxygens (including phenoxy) is 1. The monoisotopic (exact) mass is 356 g/mol. The number of nitrogens with zero attached hydrogens (tertiary/aromatic N) is 1. The molecule has 1 amide bonds. The molecule has 4 rings (SSSR count). The summed E-state index contributed by atoms with van der Waals surface area (Å²) < 4.78 is 5.59. The fourth-order valence-corrected chi connectivity index (χ4v) is 5.70. The van der Waals surface area contributed by atoms with E-state index in [0.717, 1.165) is 12.1 Å². The Morgan fingerprint density at radius 1 is 1.31 bits per heavy atom. The molecule has 5 heteroatoms. The van der Waals surface area contributed by atoms with Crippen LogP contribution in [0.3, 0.4) is 0 Å². The number of amides is 1. The maximum atomic E-state index is 12.6. The van der Waals surface area contributed by atoms with E-state index in [0.29, 0.717) is 30.0 Å². The van der Waals surface area contributed by atoms with Crippen molar-refractivity contribution < 1.29 is 14.3 Å². The summed E-state index contributed by atoms with van der Waals surface area (Å²) in [7, 11) is 0. The minimum absolute atomic E-state index is 0.0170. The van der Waals surface area contributed by atoms with Gasteiger partial charge in [-0.05, 0) is 56.6 Å². The highest BCUT2D eigenvalue weighted by molar-refractivity contribution is 5.92. The number of cyclic esters (lactones) is 1. The fraction of sp³-hybridized carbons (Fsp3) is 0.667. The minimum Gasteiger partial charge on any atom is -0.462 e. The van der Waals surface area contributed by atoms with Gasteiger partial charge in [0.2, 0.25) is 0 Å². The second-order valence-corrected chi connectivity index (χ2v) is 8.31. The molecule has 3 fully saturated rings. The Kier molecular flexibility index (Phi) is 4.72. The number of carbonyl (C=O) groups excluding carboxylic acids is 2. The quantitative estimate of drug-likeness (QED) is 0.845. The number of hydrogen-bond donors (Lipinski definition) is 1. The maximum Gasteiger partial charge on any atom is 0.309 e.